The molecule has 1 N–H and O–H groups in total. The maximum Gasteiger partial charge on any atom is 0.407 e. The Morgan fingerprint density at radius 3 is 2.65 bits per heavy atom. The van der Waals surface area contributed by atoms with E-state index in [1.54, 1.807) is 0 Å². The molecule has 0 aromatic rings. The van der Waals surface area contributed by atoms with Crippen LogP contribution in [0.2, 0.25) is 0 Å². The van der Waals surface area contributed by atoms with Crippen molar-refractivity contribution in [3.8, 4) is 12.3 Å². The second-order valence-corrected chi connectivity index (χ2v) is 5.71. The highest BCUT2D eigenvalue weighted by Crippen LogP contribution is 2.27. The van der Waals surface area contributed by atoms with Gasteiger partial charge in [-0.3, -0.25) is 0 Å². The first-order valence-electron chi connectivity index (χ1n) is 6.35. The van der Waals surface area contributed by atoms with Crippen LogP contribution in [-0.4, -0.2) is 17.7 Å². The Hall–Kier alpha value is -1.17. The molecule has 2 unspecified atom stereocenters. The molecular formula is C14H23NO2. The summed E-state index contributed by atoms with van der Waals surface area (Å²) in [5.74, 6) is 3.10. The van der Waals surface area contributed by atoms with Crippen LogP contribution in [0.4, 0.5) is 4.79 Å². The van der Waals surface area contributed by atoms with Gasteiger partial charge in [0.2, 0.25) is 0 Å². The average Bonchev–Trinajstić information content (AvgIpc) is 2.18. The third kappa shape index (κ3) is 5.12. The van der Waals surface area contributed by atoms with E-state index in [2.05, 4.69) is 11.2 Å². The number of hydrogen-bond acceptors (Lipinski definition) is 2. The molecule has 0 aromatic heterocycles. The van der Waals surface area contributed by atoms with Gasteiger partial charge in [0.05, 0.1) is 0 Å². The molecule has 1 fully saturated rings. The van der Waals surface area contributed by atoms with Crippen LogP contribution in [0.15, 0.2) is 0 Å². The predicted molar refractivity (Wildman–Crippen MR) is 68.6 cm³/mol. The van der Waals surface area contributed by atoms with Gasteiger partial charge < -0.3 is 10.1 Å². The molecule has 1 rings (SSSR count). The van der Waals surface area contributed by atoms with Crippen LogP contribution in [0.5, 0.6) is 0 Å². The number of ether oxygens (including phenoxy) is 1. The van der Waals surface area contributed by atoms with Crippen LogP contribution in [0, 0.1) is 18.3 Å². The van der Waals surface area contributed by atoms with Crippen molar-refractivity contribution in [2.45, 2.75) is 64.5 Å². The maximum absolute atomic E-state index is 11.7. The van der Waals surface area contributed by atoms with E-state index in [-0.39, 0.29) is 12.1 Å². The predicted octanol–water partition coefficient (Wildman–Crippen LogP) is 3.09. The fourth-order valence-electron chi connectivity index (χ4n) is 2.25. The van der Waals surface area contributed by atoms with Crippen molar-refractivity contribution in [1.82, 2.24) is 5.32 Å². The molecule has 3 nitrogen and oxygen atoms in total. The maximum atomic E-state index is 11.7. The molecule has 0 radical (unpaired) electrons. The summed E-state index contributed by atoms with van der Waals surface area (Å²) in [6.45, 7) is 5.60. The van der Waals surface area contributed by atoms with Crippen molar-refractivity contribution in [1.29, 1.82) is 0 Å². The third-order valence-corrected chi connectivity index (χ3v) is 2.99. The van der Waals surface area contributed by atoms with E-state index in [1.807, 2.05) is 20.8 Å². The number of terminal acetylenes is 1. The topological polar surface area (TPSA) is 38.3 Å². The van der Waals surface area contributed by atoms with Gasteiger partial charge in [0.15, 0.2) is 0 Å². The lowest BCUT2D eigenvalue weighted by atomic mass is 9.83. The Morgan fingerprint density at radius 2 is 2.06 bits per heavy atom. The Morgan fingerprint density at radius 1 is 1.41 bits per heavy atom. The van der Waals surface area contributed by atoms with Gasteiger partial charge in [0, 0.05) is 12.5 Å². The Labute approximate surface area is 104 Å². The smallest absolute Gasteiger partial charge is 0.407 e. The van der Waals surface area contributed by atoms with Gasteiger partial charge in [-0.15, -0.1) is 12.3 Å². The quantitative estimate of drug-likeness (QED) is 0.749. The van der Waals surface area contributed by atoms with E-state index < -0.39 is 5.60 Å². The minimum Gasteiger partial charge on any atom is -0.444 e. The molecule has 3 heteroatoms. The molecule has 0 spiro atoms. The summed E-state index contributed by atoms with van der Waals surface area (Å²) < 4.78 is 5.27. The molecule has 0 heterocycles. The molecule has 1 aliphatic carbocycles. The summed E-state index contributed by atoms with van der Waals surface area (Å²) in [6, 6.07) is 0.176. The molecule has 0 aromatic carbocycles. The monoisotopic (exact) mass is 237 g/mol. The zero-order valence-electron chi connectivity index (χ0n) is 11.1. The van der Waals surface area contributed by atoms with Gasteiger partial charge in [-0.2, -0.15) is 0 Å². The van der Waals surface area contributed by atoms with E-state index in [0.29, 0.717) is 5.92 Å². The van der Waals surface area contributed by atoms with E-state index in [0.717, 1.165) is 25.7 Å². The fourth-order valence-corrected chi connectivity index (χ4v) is 2.25. The van der Waals surface area contributed by atoms with Gasteiger partial charge in [-0.05, 0) is 39.5 Å². The highest BCUT2D eigenvalue weighted by molar-refractivity contribution is 5.68. The van der Waals surface area contributed by atoms with Crippen molar-refractivity contribution in [2.24, 2.45) is 5.92 Å². The molecule has 1 aliphatic rings. The molecule has 0 aliphatic heterocycles. The fraction of sp³-hybridized carbons (Fsp3) is 0.786. The summed E-state index contributed by atoms with van der Waals surface area (Å²) in [6.07, 6.45) is 10.2. The van der Waals surface area contributed by atoms with Crippen LogP contribution in [0.3, 0.4) is 0 Å². The third-order valence-electron chi connectivity index (χ3n) is 2.99. The molecule has 0 bridgehead atoms. The molecule has 0 saturated heterocycles. The molecular weight excluding hydrogens is 214 g/mol. The van der Waals surface area contributed by atoms with Crippen LogP contribution < -0.4 is 5.32 Å². The lowest BCUT2D eigenvalue weighted by Gasteiger charge is -2.31. The summed E-state index contributed by atoms with van der Waals surface area (Å²) in [7, 11) is 0. The number of amides is 1. The van der Waals surface area contributed by atoms with Crippen molar-refractivity contribution in [2.75, 3.05) is 0 Å². The standard InChI is InChI=1S/C14H23NO2/c1-5-8-11-9-6-7-10-12(11)15-13(16)17-14(2,3)4/h1,11-12H,6-10H2,2-4H3,(H,15,16). The largest absolute Gasteiger partial charge is 0.444 e. The molecule has 2 atom stereocenters. The number of alkyl carbamates (subject to hydrolysis) is 1. The molecule has 1 amide bonds. The molecule has 17 heavy (non-hydrogen) atoms. The average molecular weight is 237 g/mol. The van der Waals surface area contributed by atoms with E-state index >= 15 is 0 Å². The number of nitrogens with one attached hydrogen (secondary N) is 1. The van der Waals surface area contributed by atoms with Crippen LogP contribution in [0.25, 0.3) is 0 Å². The van der Waals surface area contributed by atoms with Gasteiger partial charge >= 0.3 is 6.09 Å². The first-order valence-corrected chi connectivity index (χ1v) is 6.35. The van der Waals surface area contributed by atoms with Gasteiger partial charge in [-0.1, -0.05) is 12.8 Å². The van der Waals surface area contributed by atoms with Crippen molar-refractivity contribution in [3.05, 3.63) is 0 Å². The van der Waals surface area contributed by atoms with Crippen LogP contribution in [-0.2, 0) is 4.74 Å². The Balaban J connectivity index is 2.47. The van der Waals surface area contributed by atoms with Gasteiger partial charge in [0.25, 0.3) is 0 Å². The molecule has 1 saturated carbocycles. The number of rotatable bonds is 2. The minimum atomic E-state index is -0.444. The highest BCUT2D eigenvalue weighted by Gasteiger charge is 2.27. The second kappa shape index (κ2) is 5.95. The Kier molecular flexibility index (Phi) is 4.86. The SMILES string of the molecule is C#CCC1CCCCC1NC(=O)OC(C)(C)C. The second-order valence-electron chi connectivity index (χ2n) is 5.71. The molecule has 96 valence electrons. The highest BCUT2D eigenvalue weighted by atomic mass is 16.6. The summed E-state index contributed by atoms with van der Waals surface area (Å²) in [5.41, 5.74) is -0.444. The number of carbonyl (C=O) groups excluding carboxylic acids is 1. The van der Waals surface area contributed by atoms with Crippen LogP contribution >= 0.6 is 0 Å². The van der Waals surface area contributed by atoms with Crippen molar-refractivity contribution < 1.29 is 9.53 Å². The first kappa shape index (κ1) is 13.9. The van der Waals surface area contributed by atoms with E-state index in [4.69, 9.17) is 11.2 Å². The zero-order valence-corrected chi connectivity index (χ0v) is 11.1. The van der Waals surface area contributed by atoms with E-state index in [9.17, 15) is 4.79 Å². The lowest BCUT2D eigenvalue weighted by molar-refractivity contribution is 0.0470. The van der Waals surface area contributed by atoms with E-state index in [1.165, 1.54) is 6.42 Å². The van der Waals surface area contributed by atoms with Crippen LogP contribution in [0.1, 0.15) is 52.9 Å². The minimum absolute atomic E-state index is 0.176. The first-order chi connectivity index (χ1) is 7.92. The number of carbonyl (C=O) groups is 1. The van der Waals surface area contributed by atoms with Crippen molar-refractivity contribution >= 4 is 6.09 Å². The van der Waals surface area contributed by atoms with Crippen molar-refractivity contribution in [3.63, 3.8) is 0 Å². The lowest BCUT2D eigenvalue weighted by Crippen LogP contribution is -2.44. The summed E-state index contributed by atoms with van der Waals surface area (Å²) in [4.78, 5) is 11.7. The summed E-state index contributed by atoms with van der Waals surface area (Å²) >= 11 is 0. The number of hydrogen-bond donors (Lipinski definition) is 1. The summed E-state index contributed by atoms with van der Waals surface area (Å²) in [5, 5.41) is 2.95. The zero-order chi connectivity index (χ0) is 12.9. The van der Waals surface area contributed by atoms with Gasteiger partial charge in [-0.25, -0.2) is 4.79 Å². The Bertz CT molecular complexity index is 298. The van der Waals surface area contributed by atoms with Gasteiger partial charge in [0.1, 0.15) is 5.60 Å². The normalized spacial score (nSPS) is 24.8.